The van der Waals surface area contributed by atoms with Crippen molar-refractivity contribution in [2.24, 2.45) is 0 Å². The molecule has 0 aliphatic rings. The van der Waals surface area contributed by atoms with Gasteiger partial charge in [-0.15, -0.1) is 11.3 Å². The predicted octanol–water partition coefficient (Wildman–Crippen LogP) is 3.85. The fourth-order valence-electron chi connectivity index (χ4n) is 2.12. The fraction of sp³-hybridized carbons (Fsp3) is 0.312. The van der Waals surface area contributed by atoms with Crippen molar-refractivity contribution in [1.82, 2.24) is 0 Å². The Balaban J connectivity index is 2.28. The van der Waals surface area contributed by atoms with Gasteiger partial charge in [0.25, 0.3) is 0 Å². The van der Waals surface area contributed by atoms with Crippen LogP contribution in [0.2, 0.25) is 0 Å². The summed E-state index contributed by atoms with van der Waals surface area (Å²) >= 11 is 1.68. The molecule has 1 atom stereocenters. The second-order valence-electron chi connectivity index (χ2n) is 4.60. The van der Waals surface area contributed by atoms with E-state index in [2.05, 4.69) is 12.1 Å². The van der Waals surface area contributed by atoms with Crippen molar-refractivity contribution in [2.45, 2.75) is 26.2 Å². The molecule has 0 fully saturated rings. The zero-order valence-corrected chi connectivity index (χ0v) is 12.4. The highest BCUT2D eigenvalue weighted by molar-refractivity contribution is 7.12. The quantitative estimate of drug-likeness (QED) is 0.851. The van der Waals surface area contributed by atoms with Crippen LogP contribution >= 0.6 is 11.3 Å². The first-order chi connectivity index (χ1) is 9.60. The van der Waals surface area contributed by atoms with Crippen LogP contribution < -0.4 is 0 Å². The minimum Gasteiger partial charge on any atom is -0.508 e. The number of carbonyl (C=O) groups excluding carboxylic acids is 1. The molecule has 1 N–H and O–H groups in total. The molecule has 3 nitrogen and oxygen atoms in total. The molecule has 1 aromatic carbocycles. The molecular formula is C16H18O3S. The maximum Gasteiger partial charge on any atom is 0.306 e. The van der Waals surface area contributed by atoms with Crippen molar-refractivity contribution >= 4 is 17.3 Å². The van der Waals surface area contributed by atoms with Gasteiger partial charge in [-0.25, -0.2) is 0 Å². The van der Waals surface area contributed by atoms with Gasteiger partial charge in [-0.3, -0.25) is 4.79 Å². The number of rotatable bonds is 5. The van der Waals surface area contributed by atoms with E-state index >= 15 is 0 Å². The van der Waals surface area contributed by atoms with Gasteiger partial charge in [0.15, 0.2) is 0 Å². The highest BCUT2D eigenvalue weighted by Gasteiger charge is 2.20. The van der Waals surface area contributed by atoms with Gasteiger partial charge in [-0.2, -0.15) is 0 Å². The van der Waals surface area contributed by atoms with E-state index in [1.807, 2.05) is 26.0 Å². The topological polar surface area (TPSA) is 46.5 Å². The third-order valence-corrected chi connectivity index (χ3v) is 4.19. The third-order valence-electron chi connectivity index (χ3n) is 3.08. The van der Waals surface area contributed by atoms with Crippen molar-refractivity contribution in [2.75, 3.05) is 6.61 Å². The first-order valence-corrected chi connectivity index (χ1v) is 7.42. The number of esters is 1. The van der Waals surface area contributed by atoms with Gasteiger partial charge in [0, 0.05) is 15.7 Å². The second-order valence-corrected chi connectivity index (χ2v) is 5.92. The Hall–Kier alpha value is -1.81. The minimum atomic E-state index is -0.198. The molecule has 0 saturated carbocycles. The Morgan fingerprint density at radius 3 is 2.50 bits per heavy atom. The van der Waals surface area contributed by atoms with Crippen LogP contribution in [0.1, 0.15) is 34.6 Å². The molecule has 0 aliphatic heterocycles. The lowest BCUT2D eigenvalue weighted by Gasteiger charge is -2.15. The van der Waals surface area contributed by atoms with Crippen molar-refractivity contribution in [1.29, 1.82) is 0 Å². The third kappa shape index (κ3) is 3.61. The standard InChI is InChI=1S/C16H18O3S/c1-3-19-16(18)10-14(15-9-4-11(2)20-15)12-5-7-13(17)8-6-12/h4-9,14,17H,3,10H2,1-2H3. The fourth-order valence-corrected chi connectivity index (χ4v) is 3.12. The number of hydrogen-bond acceptors (Lipinski definition) is 4. The average molecular weight is 290 g/mol. The van der Waals surface area contributed by atoms with E-state index in [-0.39, 0.29) is 17.6 Å². The van der Waals surface area contributed by atoms with E-state index in [1.165, 1.54) is 4.88 Å². The molecule has 0 saturated heterocycles. The van der Waals surface area contributed by atoms with Gasteiger partial charge in [0.2, 0.25) is 0 Å². The summed E-state index contributed by atoms with van der Waals surface area (Å²) < 4.78 is 5.06. The minimum absolute atomic E-state index is 0.0200. The van der Waals surface area contributed by atoms with E-state index < -0.39 is 0 Å². The average Bonchev–Trinajstić information content (AvgIpc) is 2.84. The zero-order valence-electron chi connectivity index (χ0n) is 11.6. The predicted molar refractivity (Wildman–Crippen MR) is 80.3 cm³/mol. The number of benzene rings is 1. The van der Waals surface area contributed by atoms with E-state index in [9.17, 15) is 9.90 Å². The van der Waals surface area contributed by atoms with E-state index in [4.69, 9.17) is 4.74 Å². The first kappa shape index (κ1) is 14.6. The van der Waals surface area contributed by atoms with Gasteiger partial charge in [-0.1, -0.05) is 12.1 Å². The molecule has 0 radical (unpaired) electrons. The van der Waals surface area contributed by atoms with Gasteiger partial charge in [0.05, 0.1) is 13.0 Å². The van der Waals surface area contributed by atoms with Crippen LogP contribution in [-0.2, 0) is 9.53 Å². The number of phenolic OH excluding ortho intramolecular Hbond substituents is 1. The summed E-state index contributed by atoms with van der Waals surface area (Å²) in [5.41, 5.74) is 1.01. The van der Waals surface area contributed by atoms with Crippen LogP contribution in [0.25, 0.3) is 0 Å². The SMILES string of the molecule is CCOC(=O)CC(c1ccc(O)cc1)c1ccc(C)s1. The zero-order chi connectivity index (χ0) is 14.5. The summed E-state index contributed by atoms with van der Waals surface area (Å²) in [6, 6.07) is 11.1. The smallest absolute Gasteiger partial charge is 0.306 e. The molecule has 1 aromatic heterocycles. The molecule has 0 amide bonds. The summed E-state index contributed by atoms with van der Waals surface area (Å²) in [5, 5.41) is 9.39. The van der Waals surface area contributed by atoms with Crippen LogP contribution in [0.15, 0.2) is 36.4 Å². The number of carbonyl (C=O) groups is 1. The van der Waals surface area contributed by atoms with Crippen LogP contribution in [0.5, 0.6) is 5.75 Å². The molecule has 0 aliphatic carbocycles. The Labute approximate surface area is 122 Å². The molecule has 1 unspecified atom stereocenters. The molecule has 2 aromatic rings. The van der Waals surface area contributed by atoms with E-state index in [0.29, 0.717) is 13.0 Å². The van der Waals surface area contributed by atoms with Gasteiger partial charge >= 0.3 is 5.97 Å². The lowest BCUT2D eigenvalue weighted by Crippen LogP contribution is -2.10. The molecular weight excluding hydrogens is 272 g/mol. The summed E-state index contributed by atoms with van der Waals surface area (Å²) in [6.07, 6.45) is 0.318. The summed E-state index contributed by atoms with van der Waals surface area (Å²) in [4.78, 5) is 14.2. The van der Waals surface area contributed by atoms with Gasteiger partial charge in [-0.05, 0) is 43.7 Å². The number of phenols is 1. The van der Waals surface area contributed by atoms with Crippen LogP contribution in [0.3, 0.4) is 0 Å². The molecule has 4 heteroatoms. The molecule has 0 spiro atoms. The normalized spacial score (nSPS) is 12.1. The molecule has 106 valence electrons. The summed E-state index contributed by atoms with van der Waals surface area (Å²) in [5.74, 6) is 0.0102. The Kier molecular flexibility index (Phi) is 4.79. The van der Waals surface area contributed by atoms with Crippen molar-refractivity contribution < 1.29 is 14.6 Å². The van der Waals surface area contributed by atoms with Crippen LogP contribution in [0, 0.1) is 6.92 Å². The number of thiophene rings is 1. The van der Waals surface area contributed by atoms with E-state index in [1.54, 1.807) is 23.5 Å². The van der Waals surface area contributed by atoms with Gasteiger partial charge in [0.1, 0.15) is 5.75 Å². The van der Waals surface area contributed by atoms with Crippen LogP contribution in [0.4, 0.5) is 0 Å². The van der Waals surface area contributed by atoms with Crippen LogP contribution in [-0.4, -0.2) is 17.7 Å². The Bertz CT molecular complexity index is 572. The maximum atomic E-state index is 11.8. The molecule has 20 heavy (non-hydrogen) atoms. The molecule has 0 bridgehead atoms. The molecule has 1 heterocycles. The number of aryl methyl sites for hydroxylation is 1. The van der Waals surface area contributed by atoms with E-state index in [0.717, 1.165) is 10.4 Å². The highest BCUT2D eigenvalue weighted by atomic mass is 32.1. The van der Waals surface area contributed by atoms with Gasteiger partial charge < -0.3 is 9.84 Å². The van der Waals surface area contributed by atoms with Crippen molar-refractivity contribution in [3.05, 3.63) is 51.7 Å². The van der Waals surface area contributed by atoms with Crippen molar-refractivity contribution in [3.8, 4) is 5.75 Å². The number of ether oxygens (including phenoxy) is 1. The highest BCUT2D eigenvalue weighted by Crippen LogP contribution is 2.33. The first-order valence-electron chi connectivity index (χ1n) is 6.61. The second kappa shape index (κ2) is 6.57. The molecule has 2 rings (SSSR count). The summed E-state index contributed by atoms with van der Waals surface area (Å²) in [6.45, 7) is 4.25. The van der Waals surface area contributed by atoms with Crippen molar-refractivity contribution in [3.63, 3.8) is 0 Å². The largest absolute Gasteiger partial charge is 0.508 e. The summed E-state index contributed by atoms with van der Waals surface area (Å²) in [7, 11) is 0. The number of aromatic hydroxyl groups is 1. The Morgan fingerprint density at radius 1 is 1.25 bits per heavy atom. The lowest BCUT2D eigenvalue weighted by molar-refractivity contribution is -0.143. The Morgan fingerprint density at radius 2 is 1.95 bits per heavy atom. The monoisotopic (exact) mass is 290 g/mol. The lowest BCUT2D eigenvalue weighted by atomic mass is 9.94. The maximum absolute atomic E-state index is 11.8. The number of hydrogen-bond donors (Lipinski definition) is 1.